The molecule has 0 bridgehead atoms. The fourth-order valence-corrected chi connectivity index (χ4v) is 4.34. The van der Waals surface area contributed by atoms with E-state index in [2.05, 4.69) is 26.3 Å². The summed E-state index contributed by atoms with van der Waals surface area (Å²) in [4.78, 5) is 12.1. The van der Waals surface area contributed by atoms with Gasteiger partial charge in [0.25, 0.3) is 5.91 Å². The van der Waals surface area contributed by atoms with Crippen molar-refractivity contribution in [3.05, 3.63) is 40.5 Å². The first-order chi connectivity index (χ1) is 10.4. The average molecular weight is 388 g/mol. The Kier molecular flexibility index (Phi) is 4.09. The van der Waals surface area contributed by atoms with Crippen LogP contribution in [0.3, 0.4) is 0 Å². The molecule has 1 fully saturated rings. The topological polar surface area (TPSA) is 94.2 Å². The van der Waals surface area contributed by atoms with E-state index in [0.717, 1.165) is 4.47 Å². The second kappa shape index (κ2) is 5.88. The zero-order chi connectivity index (χ0) is 15.7. The van der Waals surface area contributed by atoms with Crippen LogP contribution in [0.5, 0.6) is 0 Å². The van der Waals surface area contributed by atoms with Crippen molar-refractivity contribution < 1.29 is 17.6 Å². The van der Waals surface area contributed by atoms with E-state index in [1.807, 2.05) is 0 Å². The van der Waals surface area contributed by atoms with Crippen LogP contribution in [-0.4, -0.2) is 41.7 Å². The predicted molar refractivity (Wildman–Crippen MR) is 82.3 cm³/mol. The van der Waals surface area contributed by atoms with Gasteiger partial charge in [-0.25, -0.2) is 8.42 Å². The molecule has 2 aromatic heterocycles. The Balaban J connectivity index is 1.62. The first kappa shape index (κ1) is 15.3. The summed E-state index contributed by atoms with van der Waals surface area (Å²) in [5, 5.41) is 6.80. The highest BCUT2D eigenvalue weighted by molar-refractivity contribution is 9.10. The number of aromatic nitrogens is 2. The van der Waals surface area contributed by atoms with Crippen molar-refractivity contribution in [2.75, 3.05) is 11.5 Å². The molecule has 1 unspecified atom stereocenters. The second-order valence-corrected chi connectivity index (χ2v) is 8.34. The summed E-state index contributed by atoms with van der Waals surface area (Å²) >= 11 is 3.30. The smallest absolute Gasteiger partial charge is 0.287 e. The van der Waals surface area contributed by atoms with E-state index < -0.39 is 15.7 Å². The van der Waals surface area contributed by atoms with E-state index in [4.69, 9.17) is 4.42 Å². The molecule has 7 nitrogen and oxygen atoms in total. The molecule has 1 aliphatic rings. The molecule has 1 atom stereocenters. The van der Waals surface area contributed by atoms with E-state index in [1.165, 1.54) is 0 Å². The summed E-state index contributed by atoms with van der Waals surface area (Å²) in [6.07, 6.45) is 3.91. The van der Waals surface area contributed by atoms with Gasteiger partial charge in [0.15, 0.2) is 15.6 Å². The summed E-state index contributed by atoms with van der Waals surface area (Å²) in [5.41, 5.74) is 0. The van der Waals surface area contributed by atoms with Gasteiger partial charge in [-0.05, 0) is 34.5 Å². The first-order valence-electron chi connectivity index (χ1n) is 6.69. The number of hydrogen-bond acceptors (Lipinski definition) is 5. The summed E-state index contributed by atoms with van der Waals surface area (Å²) in [6.45, 7) is 0.413. The van der Waals surface area contributed by atoms with E-state index in [9.17, 15) is 13.2 Å². The lowest BCUT2D eigenvalue weighted by Gasteiger charge is -2.08. The number of amides is 1. The molecular formula is C13H14BrN3O4S. The molecule has 1 N–H and O–H groups in total. The Labute approximate surface area is 135 Å². The zero-order valence-electron chi connectivity index (χ0n) is 11.5. The number of hydrogen-bond donors (Lipinski definition) is 1. The van der Waals surface area contributed by atoms with Gasteiger partial charge in [-0.15, -0.1) is 0 Å². The Morgan fingerprint density at radius 2 is 2.32 bits per heavy atom. The third kappa shape index (κ3) is 3.58. The first-order valence-corrected chi connectivity index (χ1v) is 9.31. The van der Waals surface area contributed by atoms with Gasteiger partial charge < -0.3 is 9.73 Å². The molecule has 9 heteroatoms. The maximum atomic E-state index is 12.1. The molecule has 0 radical (unpaired) electrons. The van der Waals surface area contributed by atoms with Gasteiger partial charge in [-0.2, -0.15) is 5.10 Å². The molecule has 3 rings (SSSR count). The van der Waals surface area contributed by atoms with Crippen LogP contribution in [-0.2, 0) is 16.4 Å². The maximum absolute atomic E-state index is 12.1. The van der Waals surface area contributed by atoms with Gasteiger partial charge >= 0.3 is 0 Å². The third-order valence-corrected chi connectivity index (χ3v) is 5.55. The Morgan fingerprint density at radius 3 is 2.95 bits per heavy atom. The molecule has 1 saturated heterocycles. The molecule has 0 aromatic carbocycles. The average Bonchev–Trinajstić information content (AvgIpc) is 3.12. The fraction of sp³-hybridized carbons (Fsp3) is 0.385. The van der Waals surface area contributed by atoms with Crippen molar-refractivity contribution >= 4 is 31.7 Å². The highest BCUT2D eigenvalue weighted by atomic mass is 79.9. The molecular weight excluding hydrogens is 374 g/mol. The van der Waals surface area contributed by atoms with Crippen molar-refractivity contribution in [2.45, 2.75) is 19.0 Å². The van der Waals surface area contributed by atoms with Crippen LogP contribution >= 0.6 is 15.9 Å². The van der Waals surface area contributed by atoms with E-state index in [-0.39, 0.29) is 23.3 Å². The summed E-state index contributed by atoms with van der Waals surface area (Å²) in [6, 6.07) is 2.94. The molecule has 0 spiro atoms. The highest BCUT2D eigenvalue weighted by Gasteiger charge is 2.29. The molecule has 22 heavy (non-hydrogen) atoms. The third-order valence-electron chi connectivity index (χ3n) is 3.37. The van der Waals surface area contributed by atoms with Gasteiger partial charge in [-0.3, -0.25) is 9.48 Å². The van der Waals surface area contributed by atoms with E-state index in [1.54, 1.807) is 29.2 Å². The van der Waals surface area contributed by atoms with Crippen molar-refractivity contribution in [2.24, 2.45) is 0 Å². The molecule has 1 aliphatic heterocycles. The van der Waals surface area contributed by atoms with Gasteiger partial charge in [0.05, 0.1) is 28.7 Å². The van der Waals surface area contributed by atoms with Gasteiger partial charge in [-0.1, -0.05) is 0 Å². The standard InChI is InChI=1S/C13H14BrN3O4S/c14-9-5-15-17(6-9)7-11-1-2-12(21-11)13(18)16-10-3-4-22(19,20)8-10/h1-2,5-6,10H,3-4,7-8H2,(H,16,18). The quantitative estimate of drug-likeness (QED) is 0.850. The van der Waals surface area contributed by atoms with Gasteiger partial charge in [0.1, 0.15) is 5.76 Å². The lowest BCUT2D eigenvalue weighted by atomic mass is 10.2. The minimum Gasteiger partial charge on any atom is -0.454 e. The molecule has 3 heterocycles. The predicted octanol–water partition coefficient (Wildman–Crippen LogP) is 1.20. The molecule has 1 amide bonds. The van der Waals surface area contributed by atoms with Crippen molar-refractivity contribution in [1.29, 1.82) is 0 Å². The van der Waals surface area contributed by atoms with Gasteiger partial charge in [0.2, 0.25) is 0 Å². The van der Waals surface area contributed by atoms with Crippen LogP contribution in [0.4, 0.5) is 0 Å². The van der Waals surface area contributed by atoms with Crippen LogP contribution in [0.2, 0.25) is 0 Å². The number of furan rings is 1. The number of nitrogens with one attached hydrogen (secondary N) is 1. The minimum absolute atomic E-state index is 0.00633. The summed E-state index contributed by atoms with van der Waals surface area (Å²) < 4.78 is 30.8. The lowest BCUT2D eigenvalue weighted by molar-refractivity contribution is 0.0911. The van der Waals surface area contributed by atoms with Crippen LogP contribution in [0.25, 0.3) is 0 Å². The van der Waals surface area contributed by atoms with Crippen LogP contribution < -0.4 is 5.32 Å². The van der Waals surface area contributed by atoms with Crippen LogP contribution in [0.15, 0.2) is 33.4 Å². The molecule has 0 aliphatic carbocycles. The van der Waals surface area contributed by atoms with Gasteiger partial charge in [0, 0.05) is 12.2 Å². The normalized spacial score (nSPS) is 20.1. The maximum Gasteiger partial charge on any atom is 0.287 e. The number of halogens is 1. The lowest BCUT2D eigenvalue weighted by Crippen LogP contribution is -2.35. The van der Waals surface area contributed by atoms with Crippen molar-refractivity contribution in [1.82, 2.24) is 15.1 Å². The molecule has 0 saturated carbocycles. The Morgan fingerprint density at radius 1 is 1.50 bits per heavy atom. The van der Waals surface area contributed by atoms with Crippen LogP contribution in [0.1, 0.15) is 22.7 Å². The fourth-order valence-electron chi connectivity index (χ4n) is 2.33. The SMILES string of the molecule is O=C(NC1CCS(=O)(=O)C1)c1ccc(Cn2cc(Br)cn2)o1. The summed E-state index contributed by atoms with van der Waals surface area (Å²) in [7, 11) is -3.02. The van der Waals surface area contributed by atoms with Crippen molar-refractivity contribution in [3.63, 3.8) is 0 Å². The minimum atomic E-state index is -3.02. The van der Waals surface area contributed by atoms with E-state index >= 15 is 0 Å². The summed E-state index contributed by atoms with van der Waals surface area (Å²) in [5.74, 6) is 0.490. The Hall–Kier alpha value is -1.61. The highest BCUT2D eigenvalue weighted by Crippen LogP contribution is 2.15. The zero-order valence-corrected chi connectivity index (χ0v) is 13.9. The Bertz CT molecular complexity index is 796. The van der Waals surface area contributed by atoms with Crippen molar-refractivity contribution in [3.8, 4) is 0 Å². The monoisotopic (exact) mass is 387 g/mol. The van der Waals surface area contributed by atoms with E-state index in [0.29, 0.717) is 18.7 Å². The number of carbonyl (C=O) groups is 1. The molecule has 118 valence electrons. The number of rotatable bonds is 4. The van der Waals surface area contributed by atoms with Crippen LogP contribution in [0, 0.1) is 0 Å². The largest absolute Gasteiger partial charge is 0.454 e. The number of carbonyl (C=O) groups excluding carboxylic acids is 1. The number of nitrogens with zero attached hydrogens (tertiary/aromatic N) is 2. The molecule has 2 aromatic rings. The second-order valence-electron chi connectivity index (χ2n) is 5.20. The number of sulfone groups is 1.